The summed E-state index contributed by atoms with van der Waals surface area (Å²) in [6, 6.07) is 0. The Hall–Kier alpha value is -1.06. The van der Waals surface area contributed by atoms with Crippen LogP contribution < -0.4 is 0 Å². The van der Waals surface area contributed by atoms with Crippen molar-refractivity contribution in [3.05, 3.63) is 0 Å². The van der Waals surface area contributed by atoms with Gasteiger partial charge in [0.05, 0.1) is 12.8 Å². The minimum atomic E-state index is -0.325. The van der Waals surface area contributed by atoms with Gasteiger partial charge in [-0.25, -0.2) is 0 Å². The van der Waals surface area contributed by atoms with Crippen LogP contribution in [-0.4, -0.2) is 23.1 Å². The lowest BCUT2D eigenvalue weighted by atomic mass is 9.86. The zero-order valence-corrected chi connectivity index (χ0v) is 14.1. The highest BCUT2D eigenvalue weighted by molar-refractivity contribution is 5.78. The van der Waals surface area contributed by atoms with Gasteiger partial charge in [0.2, 0.25) is 0 Å². The quantitative estimate of drug-likeness (QED) is 0.710. The molecule has 0 aromatic heterocycles. The summed E-state index contributed by atoms with van der Waals surface area (Å²) in [4.78, 5) is 23.9. The number of carbonyl (C=O) groups is 2. The van der Waals surface area contributed by atoms with Gasteiger partial charge in [0, 0.05) is 0 Å². The van der Waals surface area contributed by atoms with Gasteiger partial charge in [-0.15, -0.1) is 0 Å². The van der Waals surface area contributed by atoms with E-state index in [1.54, 1.807) is 0 Å². The molecule has 0 bridgehead atoms. The predicted octanol–water partition coefficient (Wildman–Crippen LogP) is 4.30. The number of hydrogen-bond donors (Lipinski definition) is 0. The van der Waals surface area contributed by atoms with Crippen molar-refractivity contribution in [1.82, 2.24) is 0 Å². The van der Waals surface area contributed by atoms with Crippen molar-refractivity contribution < 1.29 is 19.1 Å². The van der Waals surface area contributed by atoms with Crippen LogP contribution in [0.15, 0.2) is 0 Å². The molecule has 0 aromatic rings. The molecule has 0 atom stereocenters. The molecule has 0 aliphatic heterocycles. The Labute approximate surface area is 133 Å². The van der Waals surface area contributed by atoms with Crippen LogP contribution in [0.3, 0.4) is 0 Å². The van der Waals surface area contributed by atoms with E-state index in [1.165, 1.54) is 12.8 Å². The molecule has 2 aliphatic rings. The second-order valence-corrected chi connectivity index (χ2v) is 7.47. The fourth-order valence-electron chi connectivity index (χ4n) is 3.66. The van der Waals surface area contributed by atoms with Crippen LogP contribution in [0.1, 0.15) is 90.9 Å². The van der Waals surface area contributed by atoms with Crippen LogP contribution in [-0.2, 0) is 19.1 Å². The molecule has 22 heavy (non-hydrogen) atoms. The molecule has 2 saturated carbocycles. The second kappa shape index (κ2) is 7.47. The van der Waals surface area contributed by atoms with Crippen molar-refractivity contribution in [2.45, 2.75) is 102 Å². The molecular formula is C18H30O4. The van der Waals surface area contributed by atoms with E-state index in [0.29, 0.717) is 0 Å². The maximum absolute atomic E-state index is 12.0. The third kappa shape index (κ3) is 5.29. The van der Waals surface area contributed by atoms with Gasteiger partial charge in [-0.2, -0.15) is 0 Å². The van der Waals surface area contributed by atoms with Crippen molar-refractivity contribution in [3.63, 3.8) is 0 Å². The van der Waals surface area contributed by atoms with E-state index in [4.69, 9.17) is 9.47 Å². The predicted molar refractivity (Wildman–Crippen MR) is 84.4 cm³/mol. The van der Waals surface area contributed by atoms with Crippen LogP contribution in [0, 0.1) is 0 Å². The smallest absolute Gasteiger partial charge is 0.306 e. The molecule has 2 rings (SSSR count). The van der Waals surface area contributed by atoms with E-state index in [2.05, 4.69) is 0 Å². The Morgan fingerprint density at radius 2 is 1.00 bits per heavy atom. The Kier molecular flexibility index (Phi) is 5.87. The molecule has 4 nitrogen and oxygen atoms in total. The minimum absolute atomic E-state index is 0.129. The molecule has 2 fully saturated rings. The first-order valence-corrected chi connectivity index (χ1v) is 8.85. The molecule has 126 valence electrons. The van der Waals surface area contributed by atoms with Crippen molar-refractivity contribution in [2.75, 3.05) is 0 Å². The van der Waals surface area contributed by atoms with Crippen molar-refractivity contribution in [3.8, 4) is 0 Å². The highest BCUT2D eigenvalue weighted by Gasteiger charge is 2.32. The monoisotopic (exact) mass is 310 g/mol. The van der Waals surface area contributed by atoms with Crippen molar-refractivity contribution in [1.29, 1.82) is 0 Å². The van der Waals surface area contributed by atoms with Gasteiger partial charge in [0.1, 0.15) is 11.2 Å². The number of carbonyl (C=O) groups excluding carboxylic acids is 2. The summed E-state index contributed by atoms with van der Waals surface area (Å²) in [6.07, 6.45) is 10.9. The first-order valence-electron chi connectivity index (χ1n) is 8.85. The first kappa shape index (κ1) is 17.3. The lowest BCUT2D eigenvalue weighted by Crippen LogP contribution is -2.35. The molecule has 0 radical (unpaired) electrons. The average molecular weight is 310 g/mol. The normalized spacial score (nSPS) is 23.5. The third-order valence-electron chi connectivity index (χ3n) is 5.08. The first-order chi connectivity index (χ1) is 10.4. The largest absolute Gasteiger partial charge is 0.459 e. The number of ether oxygens (including phenoxy) is 2. The van der Waals surface area contributed by atoms with Crippen LogP contribution >= 0.6 is 0 Å². The summed E-state index contributed by atoms with van der Waals surface area (Å²) in [7, 11) is 0. The van der Waals surface area contributed by atoms with Crippen LogP contribution in [0.25, 0.3) is 0 Å². The number of rotatable bonds is 5. The third-order valence-corrected chi connectivity index (χ3v) is 5.08. The summed E-state index contributed by atoms with van der Waals surface area (Å²) in [5.41, 5.74) is -0.650. The van der Waals surface area contributed by atoms with Gasteiger partial charge in [-0.1, -0.05) is 12.8 Å². The highest BCUT2D eigenvalue weighted by Crippen LogP contribution is 2.32. The molecule has 4 heteroatoms. The maximum Gasteiger partial charge on any atom is 0.306 e. The fourth-order valence-corrected chi connectivity index (χ4v) is 3.66. The van der Waals surface area contributed by atoms with E-state index in [0.717, 1.165) is 51.4 Å². The van der Waals surface area contributed by atoms with Gasteiger partial charge < -0.3 is 9.47 Å². The molecule has 0 spiro atoms. The lowest BCUT2D eigenvalue weighted by molar-refractivity contribution is -0.168. The van der Waals surface area contributed by atoms with Crippen LogP contribution in [0.5, 0.6) is 0 Å². The zero-order valence-electron chi connectivity index (χ0n) is 14.1. The molecule has 0 saturated heterocycles. The molecule has 2 aliphatic carbocycles. The summed E-state index contributed by atoms with van der Waals surface area (Å²) in [5.74, 6) is -0.537. The van der Waals surface area contributed by atoms with E-state index < -0.39 is 0 Å². The fraction of sp³-hybridized carbons (Fsp3) is 0.889. The highest BCUT2D eigenvalue weighted by atomic mass is 16.6. The SMILES string of the molecule is CC1(OC(=O)CCC(=O)OC2(C)CCCCC2)CCCCC1. The van der Waals surface area contributed by atoms with Gasteiger partial charge in [-0.05, 0) is 65.2 Å². The second-order valence-electron chi connectivity index (χ2n) is 7.47. The average Bonchev–Trinajstić information content (AvgIpc) is 2.46. The molecule has 0 unspecified atom stereocenters. The Bertz CT molecular complexity index is 352. The molecule has 0 amide bonds. The molecule has 0 aromatic carbocycles. The van der Waals surface area contributed by atoms with E-state index in [9.17, 15) is 9.59 Å². The Morgan fingerprint density at radius 3 is 1.32 bits per heavy atom. The van der Waals surface area contributed by atoms with Gasteiger partial charge in [0.15, 0.2) is 0 Å². The van der Waals surface area contributed by atoms with E-state index in [1.807, 2.05) is 13.8 Å². The molecule has 0 N–H and O–H groups in total. The van der Waals surface area contributed by atoms with E-state index in [-0.39, 0.29) is 36.0 Å². The summed E-state index contributed by atoms with van der Waals surface area (Å²) < 4.78 is 11.2. The summed E-state index contributed by atoms with van der Waals surface area (Å²) in [6.45, 7) is 4.01. The van der Waals surface area contributed by atoms with Crippen LogP contribution in [0.4, 0.5) is 0 Å². The zero-order chi connectivity index (χ0) is 16.1. The van der Waals surface area contributed by atoms with Crippen molar-refractivity contribution >= 4 is 11.9 Å². The Balaban J connectivity index is 1.70. The van der Waals surface area contributed by atoms with Gasteiger partial charge in [0.25, 0.3) is 0 Å². The standard InChI is InChI=1S/C18H30O4/c1-17(11-5-3-6-12-17)21-15(19)9-10-16(20)22-18(2)13-7-4-8-14-18/h3-14H2,1-2H3. The maximum atomic E-state index is 12.0. The van der Waals surface area contributed by atoms with Crippen molar-refractivity contribution in [2.24, 2.45) is 0 Å². The molecule has 0 heterocycles. The summed E-state index contributed by atoms with van der Waals surface area (Å²) >= 11 is 0. The minimum Gasteiger partial charge on any atom is -0.459 e. The Morgan fingerprint density at radius 1 is 0.682 bits per heavy atom. The van der Waals surface area contributed by atoms with Gasteiger partial charge >= 0.3 is 11.9 Å². The topological polar surface area (TPSA) is 52.6 Å². The summed E-state index contributed by atoms with van der Waals surface area (Å²) in [5, 5.41) is 0. The van der Waals surface area contributed by atoms with Crippen LogP contribution in [0.2, 0.25) is 0 Å². The lowest BCUT2D eigenvalue weighted by Gasteiger charge is -2.34. The van der Waals surface area contributed by atoms with E-state index >= 15 is 0 Å². The molecular weight excluding hydrogens is 280 g/mol. The van der Waals surface area contributed by atoms with Gasteiger partial charge in [-0.3, -0.25) is 9.59 Å². The number of hydrogen-bond acceptors (Lipinski definition) is 4. The number of esters is 2.